The Morgan fingerprint density at radius 1 is 1.42 bits per heavy atom. The van der Waals surface area contributed by atoms with Gasteiger partial charge in [-0.25, -0.2) is 17.9 Å². The van der Waals surface area contributed by atoms with E-state index >= 15 is 0 Å². The molecule has 0 aliphatic carbocycles. The third kappa shape index (κ3) is 4.92. The second-order valence-electron chi connectivity index (χ2n) is 6.47. The predicted molar refractivity (Wildman–Crippen MR) is 95.0 cm³/mol. The maximum absolute atomic E-state index is 12.5. The predicted octanol–water partition coefficient (Wildman–Crippen LogP) is 1.95. The number of benzene rings is 1. The topological polar surface area (TPSA) is 84.5 Å². The maximum atomic E-state index is 12.5. The Hall–Kier alpha value is -1.15. The molecule has 1 aliphatic heterocycles. The number of methoxy groups -OCH3 is 1. The maximum Gasteiger partial charge on any atom is 0.337 e. The van der Waals surface area contributed by atoms with Gasteiger partial charge >= 0.3 is 5.97 Å². The summed E-state index contributed by atoms with van der Waals surface area (Å²) >= 11 is 0. The Kier molecular flexibility index (Phi) is 7.22. The van der Waals surface area contributed by atoms with E-state index in [1.165, 1.54) is 31.4 Å². The number of piperidine rings is 1. The highest BCUT2D eigenvalue weighted by atomic mass is 35.5. The van der Waals surface area contributed by atoms with E-state index in [2.05, 4.69) is 28.6 Å². The fourth-order valence-electron chi connectivity index (χ4n) is 2.80. The van der Waals surface area contributed by atoms with Crippen LogP contribution in [0, 0.1) is 5.41 Å². The van der Waals surface area contributed by atoms with Crippen LogP contribution in [0.2, 0.25) is 0 Å². The lowest BCUT2D eigenvalue weighted by molar-refractivity contribution is 0.0600. The van der Waals surface area contributed by atoms with E-state index in [1.54, 1.807) is 0 Å². The average molecular weight is 377 g/mol. The van der Waals surface area contributed by atoms with Gasteiger partial charge in [0.1, 0.15) is 0 Å². The Morgan fingerprint density at radius 2 is 2.12 bits per heavy atom. The SMILES string of the molecule is COC(=O)c1cccc(S(=O)(=O)NCC2NCCCC2(C)C)c1.Cl. The normalized spacial score (nSPS) is 20.0. The first-order chi connectivity index (χ1) is 10.8. The number of rotatable bonds is 5. The standard InChI is InChI=1S/C16H24N2O4S.ClH/c1-16(2)8-5-9-17-14(16)11-18-23(20,21)13-7-4-6-12(10-13)15(19)22-3;/h4,6-7,10,14,17-18H,5,8-9,11H2,1-3H3;1H. The lowest BCUT2D eigenvalue weighted by Gasteiger charge is -2.39. The van der Waals surface area contributed by atoms with E-state index in [4.69, 9.17) is 0 Å². The van der Waals surface area contributed by atoms with Crippen LogP contribution < -0.4 is 10.0 Å². The van der Waals surface area contributed by atoms with Gasteiger partial charge in [-0.05, 0) is 43.0 Å². The van der Waals surface area contributed by atoms with Crippen molar-refractivity contribution in [2.75, 3.05) is 20.2 Å². The molecule has 0 spiro atoms. The molecule has 0 radical (unpaired) electrons. The quantitative estimate of drug-likeness (QED) is 0.767. The van der Waals surface area contributed by atoms with Crippen LogP contribution in [0.5, 0.6) is 0 Å². The molecule has 1 aromatic carbocycles. The highest BCUT2D eigenvalue weighted by molar-refractivity contribution is 7.89. The number of carbonyl (C=O) groups excluding carboxylic acids is 1. The molecule has 0 aromatic heterocycles. The Balaban J connectivity index is 0.00000288. The van der Waals surface area contributed by atoms with E-state index in [-0.39, 0.29) is 34.3 Å². The van der Waals surface area contributed by atoms with Crippen LogP contribution in [0.15, 0.2) is 29.2 Å². The molecule has 1 aliphatic rings. The number of esters is 1. The minimum Gasteiger partial charge on any atom is -0.465 e. The summed E-state index contributed by atoms with van der Waals surface area (Å²) < 4.78 is 32.2. The lowest BCUT2D eigenvalue weighted by atomic mass is 9.78. The van der Waals surface area contributed by atoms with Crippen LogP contribution in [-0.2, 0) is 14.8 Å². The third-order valence-electron chi connectivity index (χ3n) is 4.37. The molecule has 0 bridgehead atoms. The first-order valence-corrected chi connectivity index (χ1v) is 9.16. The first-order valence-electron chi connectivity index (χ1n) is 7.68. The second-order valence-corrected chi connectivity index (χ2v) is 8.24. The molecule has 1 heterocycles. The summed E-state index contributed by atoms with van der Waals surface area (Å²) in [5, 5.41) is 3.37. The smallest absolute Gasteiger partial charge is 0.337 e. The van der Waals surface area contributed by atoms with Crippen molar-refractivity contribution in [3.8, 4) is 0 Å². The van der Waals surface area contributed by atoms with Gasteiger partial charge in [0.05, 0.1) is 17.6 Å². The fraction of sp³-hybridized carbons (Fsp3) is 0.562. The molecule has 1 unspecified atom stereocenters. The van der Waals surface area contributed by atoms with Crippen LogP contribution in [0.1, 0.15) is 37.0 Å². The zero-order valence-corrected chi connectivity index (χ0v) is 15.8. The van der Waals surface area contributed by atoms with Crippen molar-refractivity contribution in [3.05, 3.63) is 29.8 Å². The molecule has 1 saturated heterocycles. The van der Waals surface area contributed by atoms with Crippen molar-refractivity contribution in [3.63, 3.8) is 0 Å². The van der Waals surface area contributed by atoms with Gasteiger partial charge in [-0.2, -0.15) is 0 Å². The molecular weight excluding hydrogens is 352 g/mol. The average Bonchev–Trinajstić information content (AvgIpc) is 2.53. The zero-order chi connectivity index (χ0) is 17.1. The van der Waals surface area contributed by atoms with Gasteiger partial charge in [0.15, 0.2) is 0 Å². The van der Waals surface area contributed by atoms with Gasteiger partial charge in [-0.15, -0.1) is 12.4 Å². The van der Waals surface area contributed by atoms with Crippen LogP contribution in [0.3, 0.4) is 0 Å². The van der Waals surface area contributed by atoms with Gasteiger partial charge in [0.2, 0.25) is 10.0 Å². The van der Waals surface area contributed by atoms with Crippen molar-refractivity contribution in [2.24, 2.45) is 5.41 Å². The summed E-state index contributed by atoms with van der Waals surface area (Å²) in [6.45, 7) is 5.48. The van der Waals surface area contributed by atoms with Crippen molar-refractivity contribution in [2.45, 2.75) is 37.6 Å². The van der Waals surface area contributed by atoms with Gasteiger partial charge in [0.25, 0.3) is 0 Å². The number of nitrogens with one attached hydrogen (secondary N) is 2. The molecule has 1 aromatic rings. The van der Waals surface area contributed by atoms with E-state index < -0.39 is 16.0 Å². The first kappa shape index (κ1) is 20.9. The number of carbonyl (C=O) groups is 1. The van der Waals surface area contributed by atoms with Gasteiger partial charge < -0.3 is 10.1 Å². The van der Waals surface area contributed by atoms with E-state index in [0.29, 0.717) is 6.54 Å². The van der Waals surface area contributed by atoms with Crippen molar-refractivity contribution in [1.29, 1.82) is 0 Å². The number of halogens is 1. The molecule has 8 heteroatoms. The summed E-state index contributed by atoms with van der Waals surface area (Å²) in [6.07, 6.45) is 2.15. The van der Waals surface area contributed by atoms with E-state index in [9.17, 15) is 13.2 Å². The summed E-state index contributed by atoms with van der Waals surface area (Å²) in [5.74, 6) is -0.558. The molecule has 6 nitrogen and oxygen atoms in total. The minimum absolute atomic E-state index is 0. The molecule has 2 N–H and O–H groups in total. The van der Waals surface area contributed by atoms with Gasteiger partial charge in [0, 0.05) is 12.6 Å². The van der Waals surface area contributed by atoms with Crippen LogP contribution in [-0.4, -0.2) is 40.6 Å². The van der Waals surface area contributed by atoms with E-state index in [0.717, 1.165) is 19.4 Å². The lowest BCUT2D eigenvalue weighted by Crippen LogP contribution is -2.52. The molecule has 136 valence electrons. The number of hydrogen-bond donors (Lipinski definition) is 2. The molecule has 0 saturated carbocycles. The van der Waals surface area contributed by atoms with E-state index in [1.807, 2.05) is 0 Å². The number of hydrogen-bond acceptors (Lipinski definition) is 5. The van der Waals surface area contributed by atoms with Crippen LogP contribution in [0.25, 0.3) is 0 Å². The molecule has 1 atom stereocenters. The third-order valence-corrected chi connectivity index (χ3v) is 5.80. The molecule has 2 rings (SSSR count). The highest BCUT2D eigenvalue weighted by Crippen LogP contribution is 2.29. The molecule has 24 heavy (non-hydrogen) atoms. The molecule has 0 amide bonds. The van der Waals surface area contributed by atoms with Gasteiger partial charge in [-0.1, -0.05) is 19.9 Å². The van der Waals surface area contributed by atoms with Crippen molar-refractivity contribution < 1.29 is 17.9 Å². The van der Waals surface area contributed by atoms with Gasteiger partial charge in [-0.3, -0.25) is 0 Å². The largest absolute Gasteiger partial charge is 0.465 e. The number of ether oxygens (including phenoxy) is 1. The van der Waals surface area contributed by atoms with Crippen molar-refractivity contribution in [1.82, 2.24) is 10.0 Å². The summed E-state index contributed by atoms with van der Waals surface area (Å²) in [5.41, 5.74) is 0.251. The second kappa shape index (κ2) is 8.29. The monoisotopic (exact) mass is 376 g/mol. The molecular formula is C16H25ClN2O4S. The zero-order valence-electron chi connectivity index (χ0n) is 14.2. The Morgan fingerprint density at radius 3 is 2.75 bits per heavy atom. The van der Waals surface area contributed by atoms with Crippen LogP contribution in [0.4, 0.5) is 0 Å². The van der Waals surface area contributed by atoms with Crippen molar-refractivity contribution >= 4 is 28.4 Å². The summed E-state index contributed by atoms with van der Waals surface area (Å²) in [4.78, 5) is 11.6. The summed E-state index contributed by atoms with van der Waals surface area (Å²) in [7, 11) is -2.41. The van der Waals surface area contributed by atoms with Crippen LogP contribution >= 0.6 is 12.4 Å². The highest BCUT2D eigenvalue weighted by Gasteiger charge is 2.32. The Labute approximate surface area is 149 Å². The fourth-order valence-corrected chi connectivity index (χ4v) is 3.90. The summed E-state index contributed by atoms with van der Waals surface area (Å²) in [6, 6.07) is 5.93. The Bertz CT molecular complexity index is 676. The minimum atomic E-state index is -3.67. The number of sulfonamides is 1. The molecule has 1 fully saturated rings.